The van der Waals surface area contributed by atoms with Gasteiger partial charge in [0.05, 0.1) is 13.7 Å². The molecule has 0 bridgehead atoms. The summed E-state index contributed by atoms with van der Waals surface area (Å²) in [6, 6.07) is 1.54. The Hall–Kier alpha value is -1.61. The lowest BCUT2D eigenvalue weighted by molar-refractivity contribution is -0.0763. The van der Waals surface area contributed by atoms with E-state index in [-0.39, 0.29) is 19.0 Å². The maximum atomic E-state index is 11.9. The van der Waals surface area contributed by atoms with E-state index in [0.29, 0.717) is 10.3 Å². The van der Waals surface area contributed by atoms with E-state index in [0.717, 1.165) is 5.06 Å². The van der Waals surface area contributed by atoms with Crippen molar-refractivity contribution in [3.63, 3.8) is 0 Å². The van der Waals surface area contributed by atoms with E-state index < -0.39 is 6.09 Å². The highest BCUT2D eigenvalue weighted by Crippen LogP contribution is 2.12. The molecule has 0 unspecified atom stereocenters. The minimum absolute atomic E-state index is 0.153. The Balaban J connectivity index is 2.79. The monoisotopic (exact) mass is 320 g/mol. The first-order valence-electron chi connectivity index (χ1n) is 4.98. The SMILES string of the molecule is CON(C)C(=O)c1cc(Br)nn1CCNC(=O)O. The second kappa shape index (κ2) is 6.36. The largest absolute Gasteiger partial charge is 0.465 e. The molecular formula is C9H13BrN4O4. The quantitative estimate of drug-likeness (QED) is 0.772. The van der Waals surface area contributed by atoms with Gasteiger partial charge in [-0.15, -0.1) is 0 Å². The zero-order chi connectivity index (χ0) is 13.7. The molecule has 1 aromatic rings. The molecule has 0 saturated carbocycles. The van der Waals surface area contributed by atoms with Crippen molar-refractivity contribution in [1.29, 1.82) is 0 Å². The molecule has 0 aliphatic heterocycles. The van der Waals surface area contributed by atoms with Gasteiger partial charge in [-0.1, -0.05) is 0 Å². The van der Waals surface area contributed by atoms with Crippen molar-refractivity contribution in [2.75, 3.05) is 20.7 Å². The molecule has 2 N–H and O–H groups in total. The predicted molar refractivity (Wildman–Crippen MR) is 65.1 cm³/mol. The number of carbonyl (C=O) groups is 2. The van der Waals surface area contributed by atoms with Crippen LogP contribution >= 0.6 is 15.9 Å². The Morgan fingerprint density at radius 1 is 1.67 bits per heavy atom. The molecule has 18 heavy (non-hydrogen) atoms. The van der Waals surface area contributed by atoms with Gasteiger partial charge in [-0.05, 0) is 15.9 Å². The minimum Gasteiger partial charge on any atom is -0.465 e. The Bertz CT molecular complexity index is 448. The average Bonchev–Trinajstić information content (AvgIpc) is 2.68. The first-order valence-corrected chi connectivity index (χ1v) is 5.77. The standard InChI is InChI=1S/C9H13BrN4O4/c1-13(18-2)8(15)6-5-7(10)12-14(6)4-3-11-9(16)17/h5,11H,3-4H2,1-2H3,(H,16,17). The molecule has 0 spiro atoms. The minimum atomic E-state index is -1.12. The number of aromatic nitrogens is 2. The molecule has 0 aromatic carbocycles. The number of hydroxylamine groups is 2. The maximum absolute atomic E-state index is 11.9. The molecule has 8 nitrogen and oxygen atoms in total. The lowest BCUT2D eigenvalue weighted by Crippen LogP contribution is -2.30. The fourth-order valence-electron chi connectivity index (χ4n) is 1.24. The second-order valence-electron chi connectivity index (χ2n) is 3.29. The summed E-state index contributed by atoms with van der Waals surface area (Å²) in [4.78, 5) is 27.0. The summed E-state index contributed by atoms with van der Waals surface area (Å²) in [6.07, 6.45) is -1.12. The van der Waals surface area contributed by atoms with Crippen LogP contribution in [0, 0.1) is 0 Å². The van der Waals surface area contributed by atoms with E-state index in [9.17, 15) is 9.59 Å². The van der Waals surface area contributed by atoms with Gasteiger partial charge in [0, 0.05) is 19.7 Å². The third-order valence-electron chi connectivity index (χ3n) is 2.13. The molecule has 0 radical (unpaired) electrons. The molecule has 0 atom stereocenters. The van der Waals surface area contributed by atoms with Crippen LogP contribution in [0.2, 0.25) is 0 Å². The highest BCUT2D eigenvalue weighted by atomic mass is 79.9. The van der Waals surface area contributed by atoms with E-state index >= 15 is 0 Å². The van der Waals surface area contributed by atoms with E-state index in [1.165, 1.54) is 18.8 Å². The Labute approximate surface area is 112 Å². The van der Waals surface area contributed by atoms with Gasteiger partial charge in [0.15, 0.2) is 0 Å². The molecule has 0 aliphatic carbocycles. The number of nitrogens with one attached hydrogen (secondary N) is 1. The van der Waals surface area contributed by atoms with Crippen molar-refractivity contribution in [2.45, 2.75) is 6.54 Å². The highest BCUT2D eigenvalue weighted by molar-refractivity contribution is 9.10. The second-order valence-corrected chi connectivity index (χ2v) is 4.11. The van der Waals surface area contributed by atoms with Crippen molar-refractivity contribution in [3.8, 4) is 0 Å². The Morgan fingerprint density at radius 2 is 2.33 bits per heavy atom. The van der Waals surface area contributed by atoms with Crippen molar-refractivity contribution >= 4 is 27.9 Å². The molecule has 100 valence electrons. The van der Waals surface area contributed by atoms with Crippen LogP contribution < -0.4 is 5.32 Å². The maximum Gasteiger partial charge on any atom is 0.404 e. The van der Waals surface area contributed by atoms with Gasteiger partial charge in [0.25, 0.3) is 5.91 Å². The van der Waals surface area contributed by atoms with Crippen LogP contribution in [0.1, 0.15) is 10.5 Å². The third kappa shape index (κ3) is 3.70. The zero-order valence-electron chi connectivity index (χ0n) is 9.88. The molecule has 1 heterocycles. The summed E-state index contributed by atoms with van der Waals surface area (Å²) in [5.74, 6) is -0.369. The van der Waals surface area contributed by atoms with Gasteiger partial charge in [0.2, 0.25) is 0 Å². The Kier molecular flexibility index (Phi) is 5.10. The summed E-state index contributed by atoms with van der Waals surface area (Å²) < 4.78 is 1.89. The van der Waals surface area contributed by atoms with Crippen molar-refractivity contribution in [3.05, 3.63) is 16.4 Å². The fourth-order valence-corrected chi connectivity index (χ4v) is 1.65. The van der Waals surface area contributed by atoms with Crippen LogP contribution in [-0.2, 0) is 11.4 Å². The van der Waals surface area contributed by atoms with Gasteiger partial charge in [-0.25, -0.2) is 9.86 Å². The zero-order valence-corrected chi connectivity index (χ0v) is 11.5. The number of hydrogen-bond acceptors (Lipinski definition) is 4. The highest BCUT2D eigenvalue weighted by Gasteiger charge is 2.18. The average molecular weight is 321 g/mol. The molecular weight excluding hydrogens is 308 g/mol. The lowest BCUT2D eigenvalue weighted by atomic mass is 10.4. The third-order valence-corrected chi connectivity index (χ3v) is 2.52. The van der Waals surface area contributed by atoms with Crippen LogP contribution in [0.5, 0.6) is 0 Å². The Morgan fingerprint density at radius 3 is 2.89 bits per heavy atom. The van der Waals surface area contributed by atoms with E-state index in [2.05, 4.69) is 26.3 Å². The van der Waals surface area contributed by atoms with Crippen LogP contribution in [0.4, 0.5) is 4.79 Å². The predicted octanol–water partition coefficient (Wildman–Crippen LogP) is 0.547. The van der Waals surface area contributed by atoms with Crippen LogP contribution in [0.15, 0.2) is 10.7 Å². The normalized spacial score (nSPS) is 10.2. The van der Waals surface area contributed by atoms with Crippen LogP contribution in [0.25, 0.3) is 0 Å². The van der Waals surface area contributed by atoms with Crippen LogP contribution in [0.3, 0.4) is 0 Å². The number of carbonyl (C=O) groups excluding carboxylic acids is 1. The molecule has 2 amide bonds. The summed E-state index contributed by atoms with van der Waals surface area (Å²) in [5.41, 5.74) is 0.304. The number of carboxylic acid groups (broad SMARTS) is 1. The van der Waals surface area contributed by atoms with E-state index in [4.69, 9.17) is 9.94 Å². The first-order chi connectivity index (χ1) is 8.45. The molecule has 1 aromatic heterocycles. The summed E-state index contributed by atoms with van der Waals surface area (Å²) in [5, 5.41) is 15.8. The van der Waals surface area contributed by atoms with Gasteiger partial charge in [-0.3, -0.25) is 14.3 Å². The van der Waals surface area contributed by atoms with Crippen molar-refractivity contribution < 1.29 is 19.5 Å². The smallest absolute Gasteiger partial charge is 0.404 e. The lowest BCUT2D eigenvalue weighted by Gasteiger charge is -2.14. The molecule has 1 rings (SSSR count). The van der Waals surface area contributed by atoms with E-state index in [1.54, 1.807) is 6.07 Å². The van der Waals surface area contributed by atoms with Crippen molar-refractivity contribution in [2.24, 2.45) is 0 Å². The van der Waals surface area contributed by atoms with Crippen molar-refractivity contribution in [1.82, 2.24) is 20.2 Å². The topological polar surface area (TPSA) is 96.7 Å². The number of hydrogen-bond donors (Lipinski definition) is 2. The summed E-state index contributed by atoms with van der Waals surface area (Å²) >= 11 is 3.16. The summed E-state index contributed by atoms with van der Waals surface area (Å²) in [6.45, 7) is 0.400. The number of nitrogens with zero attached hydrogens (tertiary/aromatic N) is 3. The molecule has 0 fully saturated rings. The molecule has 0 saturated heterocycles. The number of halogens is 1. The summed E-state index contributed by atoms with van der Waals surface area (Å²) in [7, 11) is 2.85. The fraction of sp³-hybridized carbons (Fsp3) is 0.444. The molecule has 9 heteroatoms. The van der Waals surface area contributed by atoms with Gasteiger partial charge < -0.3 is 10.4 Å². The van der Waals surface area contributed by atoms with E-state index in [1.807, 2.05) is 0 Å². The first kappa shape index (κ1) is 14.5. The van der Waals surface area contributed by atoms with Crippen LogP contribution in [-0.4, -0.2) is 52.7 Å². The molecule has 0 aliphatic rings. The van der Waals surface area contributed by atoms with Gasteiger partial charge in [0.1, 0.15) is 10.3 Å². The number of amides is 2. The van der Waals surface area contributed by atoms with Gasteiger partial charge in [-0.2, -0.15) is 5.10 Å². The number of rotatable bonds is 5. The van der Waals surface area contributed by atoms with Gasteiger partial charge >= 0.3 is 6.09 Å².